The second-order valence-electron chi connectivity index (χ2n) is 5.63. The maximum absolute atomic E-state index is 2.52. The third-order valence-electron chi connectivity index (χ3n) is 4.05. The third-order valence-corrected chi connectivity index (χ3v) is 7.61. The topological polar surface area (TPSA) is 0 Å². The average molecular weight is 261 g/mol. The second-order valence-corrected chi connectivity index (χ2v) is 9.40. The molecular formula is C17H26P+. The molecule has 1 unspecified atom stereocenters. The van der Waals surface area contributed by atoms with E-state index in [1.807, 2.05) is 0 Å². The fraction of sp³-hybridized carbons (Fsp3) is 0.529. The van der Waals surface area contributed by atoms with Crippen molar-refractivity contribution in [1.29, 1.82) is 0 Å². The molecule has 1 aliphatic rings. The largest absolute Gasteiger partial charge is 0.105 e. The first-order valence-corrected chi connectivity index (χ1v) is 9.89. The van der Waals surface area contributed by atoms with E-state index in [4.69, 9.17) is 0 Å². The van der Waals surface area contributed by atoms with E-state index in [1.54, 1.807) is 5.30 Å². The van der Waals surface area contributed by atoms with Crippen molar-refractivity contribution >= 4 is 18.6 Å². The highest BCUT2D eigenvalue weighted by atomic mass is 31.2. The van der Waals surface area contributed by atoms with Gasteiger partial charge in [-0.3, -0.25) is 0 Å². The average Bonchev–Trinajstić information content (AvgIpc) is 2.73. The Balaban J connectivity index is 1.81. The quantitative estimate of drug-likeness (QED) is 0.461. The van der Waals surface area contributed by atoms with E-state index < -0.39 is 7.26 Å². The molecule has 1 atom stereocenters. The lowest BCUT2D eigenvalue weighted by Crippen LogP contribution is -2.10. The van der Waals surface area contributed by atoms with Crippen molar-refractivity contribution < 1.29 is 0 Å². The summed E-state index contributed by atoms with van der Waals surface area (Å²) >= 11 is 0. The molecular weight excluding hydrogens is 235 g/mol. The number of rotatable bonds is 7. The SMILES string of the molecule is CCCCCCCC[P+]1(C)C=Cc2ccccc21. The summed E-state index contributed by atoms with van der Waals surface area (Å²) in [6.07, 6.45) is 12.2. The number of hydrogen-bond acceptors (Lipinski definition) is 0. The normalized spacial score (nSPS) is 21.2. The van der Waals surface area contributed by atoms with Gasteiger partial charge in [-0.25, -0.2) is 0 Å². The molecule has 1 heteroatoms. The van der Waals surface area contributed by atoms with Crippen molar-refractivity contribution in [2.45, 2.75) is 45.4 Å². The van der Waals surface area contributed by atoms with Gasteiger partial charge >= 0.3 is 0 Å². The van der Waals surface area contributed by atoms with Gasteiger partial charge in [0, 0.05) is 5.56 Å². The van der Waals surface area contributed by atoms with Crippen LogP contribution in [0.3, 0.4) is 0 Å². The van der Waals surface area contributed by atoms with Gasteiger partial charge in [0.2, 0.25) is 0 Å². The zero-order chi connectivity index (χ0) is 12.8. The van der Waals surface area contributed by atoms with E-state index in [0.717, 1.165) is 0 Å². The van der Waals surface area contributed by atoms with E-state index in [1.165, 1.54) is 50.3 Å². The summed E-state index contributed by atoms with van der Waals surface area (Å²) < 4.78 is 0. The maximum Gasteiger partial charge on any atom is 0.105 e. The Morgan fingerprint density at radius 3 is 2.50 bits per heavy atom. The number of unbranched alkanes of at least 4 members (excludes halogenated alkanes) is 5. The Kier molecular flexibility index (Phi) is 5.01. The summed E-state index contributed by atoms with van der Waals surface area (Å²) in [4.78, 5) is 0. The van der Waals surface area contributed by atoms with Crippen LogP contribution in [0.2, 0.25) is 0 Å². The zero-order valence-corrected chi connectivity index (χ0v) is 12.8. The first kappa shape index (κ1) is 13.8. The maximum atomic E-state index is 2.52. The van der Waals surface area contributed by atoms with Crippen molar-refractivity contribution in [2.75, 3.05) is 12.8 Å². The molecule has 1 heterocycles. The zero-order valence-electron chi connectivity index (χ0n) is 11.9. The predicted molar refractivity (Wildman–Crippen MR) is 86.2 cm³/mol. The van der Waals surface area contributed by atoms with Crippen LogP contribution >= 0.6 is 7.26 Å². The van der Waals surface area contributed by atoms with Crippen LogP contribution in [0.1, 0.15) is 51.0 Å². The molecule has 0 saturated carbocycles. The van der Waals surface area contributed by atoms with E-state index in [9.17, 15) is 0 Å². The molecule has 18 heavy (non-hydrogen) atoms. The number of hydrogen-bond donors (Lipinski definition) is 0. The van der Waals surface area contributed by atoms with Gasteiger partial charge < -0.3 is 0 Å². The van der Waals surface area contributed by atoms with Crippen LogP contribution in [0.4, 0.5) is 0 Å². The van der Waals surface area contributed by atoms with Gasteiger partial charge in [0.25, 0.3) is 0 Å². The first-order chi connectivity index (χ1) is 8.76. The minimum atomic E-state index is -0.946. The van der Waals surface area contributed by atoms with Gasteiger partial charge in [-0.1, -0.05) is 50.8 Å². The van der Waals surface area contributed by atoms with Crippen molar-refractivity contribution in [3.63, 3.8) is 0 Å². The van der Waals surface area contributed by atoms with Gasteiger partial charge in [-0.05, 0) is 25.0 Å². The van der Waals surface area contributed by atoms with Crippen LogP contribution < -0.4 is 5.30 Å². The van der Waals surface area contributed by atoms with E-state index >= 15 is 0 Å². The lowest BCUT2D eigenvalue weighted by atomic mass is 10.1. The van der Waals surface area contributed by atoms with Crippen LogP contribution in [0.15, 0.2) is 30.1 Å². The van der Waals surface area contributed by atoms with Gasteiger partial charge in [-0.15, -0.1) is 0 Å². The molecule has 0 radical (unpaired) electrons. The smallest absolute Gasteiger partial charge is 0.0654 e. The predicted octanol–water partition coefficient (Wildman–Crippen LogP) is 5.30. The monoisotopic (exact) mass is 261 g/mol. The van der Waals surface area contributed by atoms with Crippen LogP contribution in [-0.4, -0.2) is 12.8 Å². The third kappa shape index (κ3) is 3.23. The molecule has 1 aliphatic heterocycles. The highest BCUT2D eigenvalue weighted by Crippen LogP contribution is 2.60. The Morgan fingerprint density at radius 1 is 0.944 bits per heavy atom. The van der Waals surface area contributed by atoms with Gasteiger partial charge in [0.1, 0.15) is 5.30 Å². The van der Waals surface area contributed by atoms with Crippen LogP contribution in [0.5, 0.6) is 0 Å². The molecule has 1 aromatic rings. The minimum absolute atomic E-state index is 0.946. The Morgan fingerprint density at radius 2 is 1.67 bits per heavy atom. The molecule has 2 rings (SSSR count). The second kappa shape index (κ2) is 6.53. The van der Waals surface area contributed by atoms with Crippen molar-refractivity contribution in [3.05, 3.63) is 35.6 Å². The van der Waals surface area contributed by atoms with Crippen LogP contribution in [0, 0.1) is 0 Å². The van der Waals surface area contributed by atoms with Gasteiger partial charge in [0.15, 0.2) is 0 Å². The highest BCUT2D eigenvalue weighted by Gasteiger charge is 2.36. The Labute approximate surface area is 113 Å². The summed E-state index contributed by atoms with van der Waals surface area (Å²) in [5.74, 6) is 2.52. The van der Waals surface area contributed by atoms with Crippen LogP contribution in [0.25, 0.3) is 6.08 Å². The molecule has 0 aromatic heterocycles. The van der Waals surface area contributed by atoms with Crippen molar-refractivity contribution in [2.24, 2.45) is 0 Å². The molecule has 0 spiro atoms. The van der Waals surface area contributed by atoms with Crippen molar-refractivity contribution in [3.8, 4) is 0 Å². The van der Waals surface area contributed by atoms with Gasteiger partial charge in [0.05, 0.1) is 25.9 Å². The van der Waals surface area contributed by atoms with Crippen LogP contribution in [-0.2, 0) is 0 Å². The van der Waals surface area contributed by atoms with E-state index in [0.29, 0.717) is 0 Å². The fourth-order valence-electron chi connectivity index (χ4n) is 2.83. The first-order valence-electron chi connectivity index (χ1n) is 7.40. The molecule has 1 aromatic carbocycles. The molecule has 0 saturated heterocycles. The summed E-state index contributed by atoms with van der Waals surface area (Å²) in [6.45, 7) is 4.79. The molecule has 0 aliphatic carbocycles. The minimum Gasteiger partial charge on any atom is -0.0654 e. The summed E-state index contributed by atoms with van der Waals surface area (Å²) in [5, 5.41) is 1.64. The van der Waals surface area contributed by atoms with E-state index in [-0.39, 0.29) is 0 Å². The number of benzene rings is 1. The Hall–Kier alpha value is -0.610. The standard InChI is InChI=1S/C17H26P/c1-3-4-5-6-7-10-14-18(2)15-13-16-11-8-9-12-17(16)18/h8-9,11-13,15H,3-7,10,14H2,1-2H3/q+1. The molecule has 0 amide bonds. The fourth-order valence-corrected chi connectivity index (χ4v) is 5.92. The summed E-state index contributed by atoms with van der Waals surface area (Å²) in [5.41, 5.74) is 1.47. The lowest BCUT2D eigenvalue weighted by Gasteiger charge is -2.16. The number of fused-ring (bicyclic) bond motifs is 1. The summed E-state index contributed by atoms with van der Waals surface area (Å²) in [6, 6.07) is 8.97. The van der Waals surface area contributed by atoms with E-state index in [2.05, 4.69) is 49.7 Å². The van der Waals surface area contributed by atoms with Gasteiger partial charge in [-0.2, -0.15) is 0 Å². The Bertz CT molecular complexity index is 408. The molecule has 0 N–H and O–H groups in total. The molecule has 0 fully saturated rings. The molecule has 98 valence electrons. The summed E-state index contributed by atoms with van der Waals surface area (Å²) in [7, 11) is -0.946. The molecule has 0 nitrogen and oxygen atoms in total. The van der Waals surface area contributed by atoms with Crippen molar-refractivity contribution in [1.82, 2.24) is 0 Å². The lowest BCUT2D eigenvalue weighted by molar-refractivity contribution is 0.626. The molecule has 0 bridgehead atoms. The highest BCUT2D eigenvalue weighted by molar-refractivity contribution is 7.85.